The van der Waals surface area contributed by atoms with Crippen LogP contribution in [0.4, 0.5) is 5.13 Å². The maximum atomic E-state index is 12.4. The molecular formula is C24H26N2O3S. The smallest absolute Gasteiger partial charge is 0.343 e. The van der Waals surface area contributed by atoms with E-state index in [1.807, 2.05) is 18.3 Å². The lowest BCUT2D eigenvalue weighted by atomic mass is 10.2. The van der Waals surface area contributed by atoms with Crippen molar-refractivity contribution in [2.24, 2.45) is 4.99 Å². The summed E-state index contributed by atoms with van der Waals surface area (Å²) < 4.78 is 11.1. The van der Waals surface area contributed by atoms with Gasteiger partial charge >= 0.3 is 5.97 Å². The first-order valence-electron chi connectivity index (χ1n) is 10.2. The van der Waals surface area contributed by atoms with Crippen LogP contribution in [0.3, 0.4) is 0 Å². The molecule has 0 radical (unpaired) electrons. The maximum Gasteiger partial charge on any atom is 0.343 e. The lowest BCUT2D eigenvalue weighted by Crippen LogP contribution is -2.08. The van der Waals surface area contributed by atoms with Crippen LogP contribution in [0, 0.1) is 0 Å². The third-order valence-electron chi connectivity index (χ3n) is 4.41. The Morgan fingerprint density at radius 1 is 1.03 bits per heavy atom. The summed E-state index contributed by atoms with van der Waals surface area (Å²) in [5.74, 6) is 0.848. The highest BCUT2D eigenvalue weighted by molar-refractivity contribution is 7.15. The molecule has 0 aliphatic heterocycles. The summed E-state index contributed by atoms with van der Waals surface area (Å²) in [6, 6.07) is 14.2. The number of aryl methyl sites for hydroxylation is 1. The zero-order chi connectivity index (χ0) is 21.2. The van der Waals surface area contributed by atoms with Crippen LogP contribution in [0.25, 0.3) is 0 Å². The molecule has 2 aromatic carbocycles. The standard InChI is InChI=1S/C24H26N2O3S/c1-3-5-6-15-28-20-13-9-19(10-14-20)23(27)29-21-11-7-18(8-12-21)16-25-24-26-17-22(4-2)30-24/h7-14,16-17H,3-6,15H2,1-2H3. The molecule has 0 fully saturated rings. The molecule has 0 aliphatic rings. The molecule has 30 heavy (non-hydrogen) atoms. The molecule has 0 amide bonds. The minimum Gasteiger partial charge on any atom is -0.494 e. The number of hydrogen-bond donors (Lipinski definition) is 0. The molecule has 1 aromatic heterocycles. The van der Waals surface area contributed by atoms with E-state index in [0.717, 1.165) is 42.1 Å². The van der Waals surface area contributed by atoms with E-state index < -0.39 is 5.97 Å². The van der Waals surface area contributed by atoms with Crippen LogP contribution in [-0.4, -0.2) is 23.8 Å². The Kier molecular flexibility index (Phi) is 8.15. The Morgan fingerprint density at radius 2 is 1.77 bits per heavy atom. The maximum absolute atomic E-state index is 12.4. The highest BCUT2D eigenvalue weighted by atomic mass is 32.1. The number of rotatable bonds is 10. The topological polar surface area (TPSA) is 60.8 Å². The molecule has 1 heterocycles. The second kappa shape index (κ2) is 11.3. The molecule has 3 rings (SSSR count). The first kappa shape index (κ1) is 21.7. The third kappa shape index (κ3) is 6.52. The van der Waals surface area contributed by atoms with Gasteiger partial charge in [0, 0.05) is 17.3 Å². The Labute approximate surface area is 181 Å². The van der Waals surface area contributed by atoms with Crippen LogP contribution in [0.2, 0.25) is 0 Å². The van der Waals surface area contributed by atoms with Crippen LogP contribution < -0.4 is 9.47 Å². The SMILES string of the molecule is CCCCCOc1ccc(C(=O)Oc2ccc(C=Nc3ncc(CC)s3)cc2)cc1. The number of thiazole rings is 1. The van der Waals surface area contributed by atoms with E-state index in [4.69, 9.17) is 9.47 Å². The second-order valence-electron chi connectivity index (χ2n) is 6.76. The summed E-state index contributed by atoms with van der Waals surface area (Å²) in [7, 11) is 0. The Balaban J connectivity index is 1.52. The molecule has 3 aromatic rings. The number of carbonyl (C=O) groups excluding carboxylic acids is 1. The van der Waals surface area contributed by atoms with Crippen molar-refractivity contribution in [1.29, 1.82) is 0 Å². The van der Waals surface area contributed by atoms with Crippen LogP contribution in [-0.2, 0) is 6.42 Å². The molecule has 0 bridgehead atoms. The molecule has 0 aliphatic carbocycles. The van der Waals surface area contributed by atoms with Gasteiger partial charge in [-0.25, -0.2) is 14.8 Å². The summed E-state index contributed by atoms with van der Waals surface area (Å²) >= 11 is 1.58. The van der Waals surface area contributed by atoms with E-state index in [1.54, 1.807) is 53.9 Å². The zero-order valence-corrected chi connectivity index (χ0v) is 18.2. The molecule has 0 atom stereocenters. The van der Waals surface area contributed by atoms with E-state index in [-0.39, 0.29) is 0 Å². The average Bonchev–Trinajstić information content (AvgIpc) is 3.25. The number of esters is 1. The van der Waals surface area contributed by atoms with Crippen LogP contribution in [0.15, 0.2) is 59.7 Å². The molecule has 0 saturated carbocycles. The van der Waals surface area contributed by atoms with E-state index >= 15 is 0 Å². The predicted octanol–water partition coefficient (Wildman–Crippen LogP) is 6.24. The van der Waals surface area contributed by atoms with Crippen LogP contribution >= 0.6 is 11.3 Å². The minimum absolute atomic E-state index is 0.399. The fraction of sp³-hybridized carbons (Fsp3) is 0.292. The number of nitrogens with zero attached hydrogens (tertiary/aromatic N) is 2. The molecule has 0 spiro atoms. The van der Waals surface area contributed by atoms with Crippen molar-refractivity contribution in [1.82, 2.24) is 4.98 Å². The Hall–Kier alpha value is -2.99. The highest BCUT2D eigenvalue weighted by Gasteiger charge is 2.09. The van der Waals surface area contributed by atoms with Crippen molar-refractivity contribution in [3.63, 3.8) is 0 Å². The van der Waals surface area contributed by atoms with Crippen molar-refractivity contribution in [3.05, 3.63) is 70.7 Å². The fourth-order valence-electron chi connectivity index (χ4n) is 2.67. The normalized spacial score (nSPS) is 11.0. The Morgan fingerprint density at radius 3 is 2.43 bits per heavy atom. The van der Waals surface area contributed by atoms with Crippen molar-refractivity contribution in [2.75, 3.05) is 6.61 Å². The summed E-state index contributed by atoms with van der Waals surface area (Å²) in [4.78, 5) is 22.2. The molecule has 6 heteroatoms. The first-order chi connectivity index (χ1) is 14.7. The number of benzene rings is 2. The second-order valence-corrected chi connectivity index (χ2v) is 7.85. The zero-order valence-electron chi connectivity index (χ0n) is 17.3. The molecule has 0 unspecified atom stereocenters. The number of carbonyl (C=O) groups is 1. The summed E-state index contributed by atoms with van der Waals surface area (Å²) in [6.45, 7) is 4.94. The van der Waals surface area contributed by atoms with E-state index in [2.05, 4.69) is 23.8 Å². The predicted molar refractivity (Wildman–Crippen MR) is 122 cm³/mol. The number of unbranched alkanes of at least 4 members (excludes halogenated alkanes) is 2. The highest BCUT2D eigenvalue weighted by Crippen LogP contribution is 2.21. The number of hydrogen-bond acceptors (Lipinski definition) is 6. The third-order valence-corrected chi connectivity index (χ3v) is 5.46. The first-order valence-corrected chi connectivity index (χ1v) is 11.0. The van der Waals surface area contributed by atoms with Crippen LogP contribution in [0.5, 0.6) is 11.5 Å². The minimum atomic E-state index is -0.399. The largest absolute Gasteiger partial charge is 0.494 e. The van der Waals surface area contributed by atoms with Gasteiger partial charge in [0.25, 0.3) is 0 Å². The van der Waals surface area contributed by atoms with Gasteiger partial charge in [-0.05, 0) is 66.9 Å². The van der Waals surface area contributed by atoms with Gasteiger partial charge in [-0.2, -0.15) is 0 Å². The average molecular weight is 423 g/mol. The molecule has 5 nitrogen and oxygen atoms in total. The van der Waals surface area contributed by atoms with Gasteiger partial charge in [-0.15, -0.1) is 0 Å². The molecule has 0 N–H and O–H groups in total. The summed E-state index contributed by atoms with van der Waals surface area (Å²) in [6.07, 6.45) is 7.91. The lowest BCUT2D eigenvalue weighted by molar-refractivity contribution is 0.0734. The van der Waals surface area contributed by atoms with Crippen molar-refractivity contribution >= 4 is 28.7 Å². The van der Waals surface area contributed by atoms with Gasteiger partial charge in [0.15, 0.2) is 0 Å². The fourth-order valence-corrected chi connectivity index (χ4v) is 3.36. The number of aromatic nitrogens is 1. The van der Waals surface area contributed by atoms with E-state index in [0.29, 0.717) is 17.9 Å². The molecular weight excluding hydrogens is 396 g/mol. The molecule has 0 saturated heterocycles. The number of aliphatic imine (C=N–C) groups is 1. The van der Waals surface area contributed by atoms with E-state index in [1.165, 1.54) is 4.88 Å². The van der Waals surface area contributed by atoms with Gasteiger partial charge in [0.2, 0.25) is 5.13 Å². The quantitative estimate of drug-likeness (QED) is 0.168. The monoisotopic (exact) mass is 422 g/mol. The lowest BCUT2D eigenvalue weighted by Gasteiger charge is -2.07. The van der Waals surface area contributed by atoms with Gasteiger partial charge < -0.3 is 9.47 Å². The van der Waals surface area contributed by atoms with Gasteiger partial charge in [-0.1, -0.05) is 38.0 Å². The van der Waals surface area contributed by atoms with Crippen molar-refractivity contribution in [3.8, 4) is 11.5 Å². The van der Waals surface area contributed by atoms with Gasteiger partial charge in [0.05, 0.1) is 12.2 Å². The van der Waals surface area contributed by atoms with Crippen LogP contribution in [0.1, 0.15) is 53.9 Å². The van der Waals surface area contributed by atoms with E-state index in [9.17, 15) is 4.79 Å². The summed E-state index contributed by atoms with van der Waals surface area (Å²) in [5, 5.41) is 0.736. The summed E-state index contributed by atoms with van der Waals surface area (Å²) in [5.41, 5.74) is 1.39. The van der Waals surface area contributed by atoms with Gasteiger partial charge in [-0.3, -0.25) is 0 Å². The van der Waals surface area contributed by atoms with Gasteiger partial charge in [0.1, 0.15) is 11.5 Å². The van der Waals surface area contributed by atoms with Crippen molar-refractivity contribution < 1.29 is 14.3 Å². The number of ether oxygens (including phenoxy) is 2. The molecule has 156 valence electrons. The van der Waals surface area contributed by atoms with Crippen molar-refractivity contribution in [2.45, 2.75) is 39.5 Å². The Bertz CT molecular complexity index is 963.